The highest BCUT2D eigenvalue weighted by molar-refractivity contribution is 6.17. The predicted octanol–water partition coefficient (Wildman–Crippen LogP) is 2.02. The molecule has 2 aromatic heterocycles. The molecule has 2 heterocycles. The first-order chi connectivity index (χ1) is 10.1. The summed E-state index contributed by atoms with van der Waals surface area (Å²) >= 11 is 5.93. The molecule has 8 heteroatoms. The van der Waals surface area contributed by atoms with Gasteiger partial charge in [0.25, 0.3) is 0 Å². The maximum atomic E-state index is 11.8. The van der Waals surface area contributed by atoms with Gasteiger partial charge in [0, 0.05) is 6.04 Å². The monoisotopic (exact) mass is 311 g/mol. The summed E-state index contributed by atoms with van der Waals surface area (Å²) in [5, 5.41) is 7.89. The minimum absolute atomic E-state index is 0.136. The van der Waals surface area contributed by atoms with Gasteiger partial charge in [-0.2, -0.15) is 0 Å². The van der Waals surface area contributed by atoms with E-state index in [-0.39, 0.29) is 24.2 Å². The molecule has 0 aromatic carbocycles. The van der Waals surface area contributed by atoms with Gasteiger partial charge in [-0.05, 0) is 20.8 Å². The number of aromatic nitrogens is 5. The van der Waals surface area contributed by atoms with Gasteiger partial charge in [0.05, 0.1) is 42.9 Å². The van der Waals surface area contributed by atoms with Crippen molar-refractivity contribution in [3.8, 4) is 0 Å². The summed E-state index contributed by atoms with van der Waals surface area (Å²) in [7, 11) is 0. The van der Waals surface area contributed by atoms with E-state index in [0.717, 1.165) is 5.69 Å². The third kappa shape index (κ3) is 3.24. The third-order valence-corrected chi connectivity index (χ3v) is 3.30. The first-order valence-electron chi connectivity index (χ1n) is 6.74. The molecule has 0 bridgehead atoms. The third-order valence-electron chi connectivity index (χ3n) is 3.05. The summed E-state index contributed by atoms with van der Waals surface area (Å²) in [6.45, 7) is 6.61. The Bertz CT molecular complexity index is 620. The topological polar surface area (TPSA) is 74.8 Å². The molecule has 0 aliphatic heterocycles. The van der Waals surface area contributed by atoms with E-state index in [1.807, 2.05) is 4.57 Å². The fraction of sp³-hybridized carbons (Fsp3) is 0.538. The predicted molar refractivity (Wildman–Crippen MR) is 77.2 cm³/mol. The van der Waals surface area contributed by atoms with Crippen LogP contribution >= 0.6 is 11.6 Å². The number of ether oxygens (including phenoxy) is 1. The standard InChI is InChI=1S/C13H18ClN5O2/c1-4-21-13(20)12-11(5-14)19(17-16-12)7-10-6-15-8-18(10)9(2)3/h6,8-9H,4-5,7H2,1-3H3. The summed E-state index contributed by atoms with van der Waals surface area (Å²) in [6.07, 6.45) is 3.54. The van der Waals surface area contributed by atoms with Gasteiger partial charge in [0.15, 0.2) is 5.69 Å². The summed E-state index contributed by atoms with van der Waals surface area (Å²) in [6, 6.07) is 0.287. The lowest BCUT2D eigenvalue weighted by molar-refractivity contribution is 0.0518. The van der Waals surface area contributed by atoms with E-state index in [0.29, 0.717) is 12.2 Å². The molecule has 7 nitrogen and oxygen atoms in total. The van der Waals surface area contributed by atoms with Crippen molar-refractivity contribution in [3.63, 3.8) is 0 Å². The molecule has 2 rings (SSSR count). The fourth-order valence-corrected chi connectivity index (χ4v) is 2.29. The van der Waals surface area contributed by atoms with Crippen molar-refractivity contribution < 1.29 is 9.53 Å². The van der Waals surface area contributed by atoms with Crippen LogP contribution in [-0.2, 0) is 17.2 Å². The van der Waals surface area contributed by atoms with Crippen LogP contribution < -0.4 is 0 Å². The van der Waals surface area contributed by atoms with Crippen LogP contribution in [-0.4, -0.2) is 37.1 Å². The molecule has 0 radical (unpaired) electrons. The molecule has 0 aliphatic rings. The van der Waals surface area contributed by atoms with E-state index < -0.39 is 5.97 Å². The fourth-order valence-electron chi connectivity index (χ4n) is 2.02. The number of carbonyl (C=O) groups is 1. The Balaban J connectivity index is 2.28. The Morgan fingerprint density at radius 1 is 1.48 bits per heavy atom. The molecule has 0 aliphatic carbocycles. The van der Waals surface area contributed by atoms with E-state index in [2.05, 4.69) is 29.1 Å². The van der Waals surface area contributed by atoms with Crippen LogP contribution in [0.15, 0.2) is 12.5 Å². The second kappa shape index (κ2) is 6.71. The average molecular weight is 312 g/mol. The van der Waals surface area contributed by atoms with Gasteiger partial charge in [-0.25, -0.2) is 14.5 Å². The number of rotatable bonds is 6. The van der Waals surface area contributed by atoms with Crippen molar-refractivity contribution in [2.75, 3.05) is 6.61 Å². The highest BCUT2D eigenvalue weighted by atomic mass is 35.5. The van der Waals surface area contributed by atoms with Gasteiger partial charge in [0.1, 0.15) is 0 Å². The molecule has 0 saturated carbocycles. The van der Waals surface area contributed by atoms with E-state index in [1.165, 1.54) is 0 Å². The Morgan fingerprint density at radius 2 is 2.24 bits per heavy atom. The van der Waals surface area contributed by atoms with Crippen LogP contribution in [0.2, 0.25) is 0 Å². The van der Waals surface area contributed by atoms with Gasteiger partial charge < -0.3 is 9.30 Å². The lowest BCUT2D eigenvalue weighted by Crippen LogP contribution is -2.13. The number of esters is 1. The van der Waals surface area contributed by atoms with Crippen LogP contribution in [0.25, 0.3) is 0 Å². The van der Waals surface area contributed by atoms with Gasteiger partial charge in [-0.3, -0.25) is 0 Å². The van der Waals surface area contributed by atoms with E-state index >= 15 is 0 Å². The Hall–Kier alpha value is -1.89. The number of hydrogen-bond acceptors (Lipinski definition) is 5. The number of nitrogens with zero attached hydrogens (tertiary/aromatic N) is 5. The quantitative estimate of drug-likeness (QED) is 0.602. The van der Waals surface area contributed by atoms with Crippen LogP contribution in [0.5, 0.6) is 0 Å². The van der Waals surface area contributed by atoms with Crippen molar-refractivity contribution in [2.45, 2.75) is 39.2 Å². The second-order valence-corrected chi connectivity index (χ2v) is 5.05. The van der Waals surface area contributed by atoms with Crippen LogP contribution in [0.3, 0.4) is 0 Å². The molecular weight excluding hydrogens is 294 g/mol. The largest absolute Gasteiger partial charge is 0.461 e. The van der Waals surface area contributed by atoms with Crippen LogP contribution in [0.4, 0.5) is 0 Å². The molecule has 0 unspecified atom stereocenters. The molecule has 0 atom stereocenters. The van der Waals surface area contributed by atoms with Crippen LogP contribution in [0, 0.1) is 0 Å². The lowest BCUT2D eigenvalue weighted by atomic mass is 10.3. The zero-order valence-electron chi connectivity index (χ0n) is 12.3. The molecule has 0 amide bonds. The summed E-state index contributed by atoms with van der Waals surface area (Å²) in [5.41, 5.74) is 1.69. The van der Waals surface area contributed by atoms with Crippen molar-refractivity contribution in [1.82, 2.24) is 24.5 Å². The summed E-state index contributed by atoms with van der Waals surface area (Å²) < 4.78 is 8.59. The van der Waals surface area contributed by atoms with Gasteiger partial charge >= 0.3 is 5.97 Å². The molecule has 114 valence electrons. The molecule has 0 spiro atoms. The minimum Gasteiger partial charge on any atom is -0.461 e. The first kappa shape index (κ1) is 15.5. The first-order valence-corrected chi connectivity index (χ1v) is 7.28. The minimum atomic E-state index is -0.503. The summed E-state index contributed by atoms with van der Waals surface area (Å²) in [4.78, 5) is 15.9. The van der Waals surface area contributed by atoms with E-state index in [4.69, 9.17) is 16.3 Å². The van der Waals surface area contributed by atoms with Crippen molar-refractivity contribution >= 4 is 17.6 Å². The van der Waals surface area contributed by atoms with E-state index in [9.17, 15) is 4.79 Å². The zero-order chi connectivity index (χ0) is 15.4. The number of hydrogen-bond donors (Lipinski definition) is 0. The number of imidazole rings is 1. The van der Waals surface area contributed by atoms with Crippen molar-refractivity contribution in [2.24, 2.45) is 0 Å². The number of carbonyl (C=O) groups excluding carboxylic acids is 1. The maximum Gasteiger partial charge on any atom is 0.360 e. The lowest BCUT2D eigenvalue weighted by Gasteiger charge is -2.12. The molecule has 21 heavy (non-hydrogen) atoms. The number of halogens is 1. The van der Waals surface area contributed by atoms with E-state index in [1.54, 1.807) is 24.1 Å². The Labute approximate surface area is 127 Å². The van der Waals surface area contributed by atoms with Crippen molar-refractivity contribution in [1.29, 1.82) is 0 Å². The molecule has 0 N–H and O–H groups in total. The molecule has 2 aromatic rings. The maximum absolute atomic E-state index is 11.8. The highest BCUT2D eigenvalue weighted by Crippen LogP contribution is 2.15. The molecular formula is C13H18ClN5O2. The summed E-state index contributed by atoms with van der Waals surface area (Å²) in [5.74, 6) is -0.367. The second-order valence-electron chi connectivity index (χ2n) is 4.78. The Morgan fingerprint density at radius 3 is 2.86 bits per heavy atom. The van der Waals surface area contributed by atoms with Crippen LogP contribution in [0.1, 0.15) is 48.7 Å². The highest BCUT2D eigenvalue weighted by Gasteiger charge is 2.21. The van der Waals surface area contributed by atoms with Gasteiger partial charge in [-0.15, -0.1) is 16.7 Å². The zero-order valence-corrected chi connectivity index (χ0v) is 13.0. The van der Waals surface area contributed by atoms with Crippen molar-refractivity contribution in [3.05, 3.63) is 29.6 Å². The average Bonchev–Trinajstić information content (AvgIpc) is 3.05. The molecule has 0 fully saturated rings. The van der Waals surface area contributed by atoms with Gasteiger partial charge in [-0.1, -0.05) is 5.21 Å². The number of alkyl halides is 1. The van der Waals surface area contributed by atoms with Gasteiger partial charge in [0.2, 0.25) is 0 Å². The molecule has 0 saturated heterocycles. The smallest absolute Gasteiger partial charge is 0.360 e. The Kier molecular flexibility index (Phi) is 4.95. The SMILES string of the molecule is CCOC(=O)c1nnn(Cc2cncn2C(C)C)c1CCl. The normalized spacial score (nSPS) is 11.1.